The van der Waals surface area contributed by atoms with Crippen molar-refractivity contribution in [1.82, 2.24) is 0 Å². The van der Waals surface area contributed by atoms with E-state index in [-0.39, 0.29) is 24.0 Å². The van der Waals surface area contributed by atoms with Crippen LogP contribution in [0.3, 0.4) is 0 Å². The summed E-state index contributed by atoms with van der Waals surface area (Å²) in [5.74, 6) is -0.444. The number of hydrogen-bond donors (Lipinski definition) is 0. The van der Waals surface area contributed by atoms with Crippen LogP contribution in [0.5, 0.6) is 0 Å². The molecule has 6 heteroatoms. The molecule has 1 unspecified atom stereocenters. The van der Waals surface area contributed by atoms with Crippen molar-refractivity contribution in [3.05, 3.63) is 59.7 Å². The van der Waals surface area contributed by atoms with Crippen LogP contribution in [-0.2, 0) is 27.1 Å². The summed E-state index contributed by atoms with van der Waals surface area (Å²) in [5.41, 5.74) is -0.00981. The summed E-state index contributed by atoms with van der Waals surface area (Å²) in [5, 5.41) is 1.20. The van der Waals surface area contributed by atoms with Crippen LogP contribution in [0.1, 0.15) is 11.1 Å². The predicted molar refractivity (Wildman–Crippen MR) is 86.0 cm³/mol. The molecule has 128 valence electrons. The normalized spacial score (nSPS) is 17.6. The Labute approximate surface area is 140 Å². The lowest BCUT2D eigenvalue weighted by Crippen LogP contribution is -2.42. The molecule has 0 radical (unpaired) electrons. The van der Waals surface area contributed by atoms with Gasteiger partial charge in [0.25, 0.3) is 0 Å². The molecule has 1 heterocycles. The average molecular weight is 346 g/mol. The van der Waals surface area contributed by atoms with Crippen LogP contribution < -0.4 is 0 Å². The highest BCUT2D eigenvalue weighted by Gasteiger charge is 2.36. The van der Waals surface area contributed by atoms with Crippen molar-refractivity contribution >= 4 is 27.5 Å². The molecule has 0 saturated carbocycles. The second kappa shape index (κ2) is 5.74. The lowest BCUT2D eigenvalue weighted by atomic mass is 9.91. The van der Waals surface area contributed by atoms with Crippen LogP contribution in [0.15, 0.2) is 48.5 Å². The minimum atomic E-state index is -4.48. The molecule has 3 nitrogen and oxygen atoms in total. The number of carbonyl (C=O) groups is 1. The van der Waals surface area contributed by atoms with Crippen molar-refractivity contribution in [2.45, 2.75) is 18.9 Å². The summed E-state index contributed by atoms with van der Waals surface area (Å²) in [6, 6.07) is 12.8. The maximum atomic E-state index is 13.7. The van der Waals surface area contributed by atoms with Crippen molar-refractivity contribution in [2.24, 2.45) is 0 Å². The Morgan fingerprint density at radius 3 is 1.88 bits per heavy atom. The van der Waals surface area contributed by atoms with Gasteiger partial charge in [-0.3, -0.25) is 0 Å². The highest BCUT2D eigenvalue weighted by Crippen LogP contribution is 2.42. The van der Waals surface area contributed by atoms with Crippen LogP contribution in [0.4, 0.5) is 13.2 Å². The molecule has 0 N–H and O–H groups in total. The third kappa shape index (κ3) is 2.62. The summed E-state index contributed by atoms with van der Waals surface area (Å²) in [4.78, 5) is 11.3. The highest BCUT2D eigenvalue weighted by molar-refractivity contribution is 6.06. The van der Waals surface area contributed by atoms with Crippen LogP contribution in [0.25, 0.3) is 21.5 Å². The number of rotatable bonds is 3. The number of alkyl halides is 3. The van der Waals surface area contributed by atoms with Gasteiger partial charge in [0, 0.05) is 0 Å². The summed E-state index contributed by atoms with van der Waals surface area (Å²) in [7, 11) is 0. The Morgan fingerprint density at radius 2 is 1.48 bits per heavy atom. The van der Waals surface area contributed by atoms with Crippen LogP contribution >= 0.6 is 0 Å². The number of cyclic esters (lactones) is 1. The molecule has 0 aliphatic carbocycles. The minimum absolute atomic E-state index is 0.0406. The fraction of sp³-hybridized carbons (Fsp3) is 0.211. The monoisotopic (exact) mass is 346 g/mol. The molecule has 3 aromatic rings. The van der Waals surface area contributed by atoms with Crippen LogP contribution in [0.2, 0.25) is 0 Å². The molecule has 0 amide bonds. The smallest absolute Gasteiger partial charge is 0.417 e. The summed E-state index contributed by atoms with van der Waals surface area (Å²) >= 11 is 0. The Kier molecular flexibility index (Phi) is 3.65. The Hall–Kier alpha value is -2.60. The second-order valence-corrected chi connectivity index (χ2v) is 5.87. The van der Waals surface area contributed by atoms with Gasteiger partial charge in [-0.2, -0.15) is 13.2 Å². The van der Waals surface area contributed by atoms with Crippen LogP contribution in [0, 0.1) is 0 Å². The van der Waals surface area contributed by atoms with Crippen molar-refractivity contribution in [3.8, 4) is 0 Å². The van der Waals surface area contributed by atoms with Crippen molar-refractivity contribution in [2.75, 3.05) is 6.61 Å². The SMILES string of the molecule is O=C1OCC1OCc1c2ccccc2c(C(F)(F)F)c2ccccc12. The molecular formula is C19H13F3O3. The number of benzene rings is 3. The summed E-state index contributed by atoms with van der Waals surface area (Å²) in [6.45, 7) is 0.217. The van der Waals surface area contributed by atoms with E-state index in [1.165, 1.54) is 12.1 Å². The Bertz CT molecular complexity index is 922. The predicted octanol–water partition coefficient (Wildman–Crippen LogP) is 4.45. The zero-order valence-electron chi connectivity index (χ0n) is 13.0. The fourth-order valence-electron chi connectivity index (χ4n) is 3.20. The van der Waals surface area contributed by atoms with E-state index in [1.54, 1.807) is 36.4 Å². The number of esters is 1. The van der Waals surface area contributed by atoms with Crippen molar-refractivity contribution in [1.29, 1.82) is 0 Å². The third-order valence-corrected chi connectivity index (χ3v) is 4.40. The van der Waals surface area contributed by atoms with E-state index in [0.717, 1.165) is 0 Å². The first kappa shape index (κ1) is 15.9. The molecule has 4 rings (SSSR count). The molecule has 1 aliphatic rings. The maximum Gasteiger partial charge on any atom is 0.417 e. The summed E-state index contributed by atoms with van der Waals surface area (Å²) in [6.07, 6.45) is -5.13. The molecule has 1 atom stereocenters. The zero-order chi connectivity index (χ0) is 17.6. The van der Waals surface area contributed by atoms with Gasteiger partial charge in [-0.1, -0.05) is 48.5 Å². The number of halogens is 3. The van der Waals surface area contributed by atoms with Gasteiger partial charge in [-0.15, -0.1) is 0 Å². The molecule has 0 bridgehead atoms. The molecule has 0 spiro atoms. The van der Waals surface area contributed by atoms with Crippen LogP contribution in [-0.4, -0.2) is 18.7 Å². The zero-order valence-corrected chi connectivity index (χ0v) is 13.0. The number of ether oxygens (including phenoxy) is 2. The number of carbonyl (C=O) groups excluding carboxylic acids is 1. The molecule has 1 aliphatic heterocycles. The lowest BCUT2D eigenvalue weighted by molar-refractivity contribution is -0.187. The van der Waals surface area contributed by atoms with Gasteiger partial charge in [-0.05, 0) is 27.1 Å². The lowest BCUT2D eigenvalue weighted by Gasteiger charge is -2.25. The van der Waals surface area contributed by atoms with E-state index in [4.69, 9.17) is 4.74 Å². The van der Waals surface area contributed by atoms with Gasteiger partial charge in [0.2, 0.25) is 0 Å². The second-order valence-electron chi connectivity index (χ2n) is 5.87. The average Bonchev–Trinajstić information content (AvgIpc) is 2.58. The minimum Gasteiger partial charge on any atom is -0.460 e. The highest BCUT2D eigenvalue weighted by atomic mass is 19.4. The molecule has 25 heavy (non-hydrogen) atoms. The fourth-order valence-corrected chi connectivity index (χ4v) is 3.20. The first-order chi connectivity index (χ1) is 12.0. The first-order valence-corrected chi connectivity index (χ1v) is 7.74. The Balaban J connectivity index is 1.96. The van der Waals surface area contributed by atoms with Gasteiger partial charge < -0.3 is 9.47 Å². The van der Waals surface area contributed by atoms with E-state index in [0.29, 0.717) is 16.3 Å². The molecule has 0 aromatic heterocycles. The first-order valence-electron chi connectivity index (χ1n) is 7.74. The molecular weight excluding hydrogens is 333 g/mol. The van der Waals surface area contributed by atoms with Gasteiger partial charge in [-0.25, -0.2) is 4.79 Å². The Morgan fingerprint density at radius 1 is 0.960 bits per heavy atom. The quantitative estimate of drug-likeness (QED) is 0.519. The van der Waals surface area contributed by atoms with E-state index >= 15 is 0 Å². The van der Waals surface area contributed by atoms with E-state index < -0.39 is 23.8 Å². The number of hydrogen-bond acceptors (Lipinski definition) is 3. The molecule has 3 aromatic carbocycles. The maximum absolute atomic E-state index is 13.7. The number of fused-ring (bicyclic) bond motifs is 2. The van der Waals surface area contributed by atoms with E-state index in [9.17, 15) is 18.0 Å². The molecule has 1 saturated heterocycles. The van der Waals surface area contributed by atoms with Crippen molar-refractivity contribution < 1.29 is 27.4 Å². The topological polar surface area (TPSA) is 35.5 Å². The van der Waals surface area contributed by atoms with E-state index in [1.807, 2.05) is 0 Å². The van der Waals surface area contributed by atoms with Gasteiger partial charge in [0.05, 0.1) is 12.2 Å². The van der Waals surface area contributed by atoms with Gasteiger partial charge in [0.1, 0.15) is 6.61 Å². The van der Waals surface area contributed by atoms with Gasteiger partial charge in [0.15, 0.2) is 6.10 Å². The van der Waals surface area contributed by atoms with E-state index in [2.05, 4.69) is 4.74 Å². The largest absolute Gasteiger partial charge is 0.460 e. The van der Waals surface area contributed by atoms with Gasteiger partial charge >= 0.3 is 12.1 Å². The standard InChI is InChI=1S/C19H13F3O3/c20-19(21,22)17-13-7-3-1-5-11(13)15(9-24-16-10-25-18(16)23)12-6-2-4-8-14(12)17/h1-8,16H,9-10H2. The molecule has 1 fully saturated rings. The van der Waals surface area contributed by atoms with Crippen molar-refractivity contribution in [3.63, 3.8) is 0 Å². The third-order valence-electron chi connectivity index (χ3n) is 4.40. The summed E-state index contributed by atoms with van der Waals surface area (Å²) < 4.78 is 51.4.